The van der Waals surface area contributed by atoms with Crippen molar-refractivity contribution in [2.75, 3.05) is 24.5 Å². The first-order valence-electron chi connectivity index (χ1n) is 7.44. The molecule has 1 unspecified atom stereocenters. The van der Waals surface area contributed by atoms with E-state index in [0.717, 1.165) is 41.3 Å². The fourth-order valence-corrected chi connectivity index (χ4v) is 3.27. The van der Waals surface area contributed by atoms with E-state index < -0.39 is 0 Å². The summed E-state index contributed by atoms with van der Waals surface area (Å²) in [4.78, 5) is 2.42. The Kier molecular flexibility index (Phi) is 4.28. The van der Waals surface area contributed by atoms with Gasteiger partial charge < -0.3 is 10.2 Å². The van der Waals surface area contributed by atoms with E-state index in [1.54, 1.807) is 0 Å². The van der Waals surface area contributed by atoms with Crippen molar-refractivity contribution in [2.24, 2.45) is 5.92 Å². The second-order valence-electron chi connectivity index (χ2n) is 5.91. The van der Waals surface area contributed by atoms with Crippen LogP contribution in [0.5, 0.6) is 0 Å². The lowest BCUT2D eigenvalue weighted by Gasteiger charge is -2.29. The maximum Gasteiger partial charge on any atom is 0.101 e. The summed E-state index contributed by atoms with van der Waals surface area (Å²) in [6.45, 7) is 3.23. The van der Waals surface area contributed by atoms with Crippen LogP contribution in [-0.2, 0) is 0 Å². The van der Waals surface area contributed by atoms with Gasteiger partial charge in [-0.25, -0.2) is 0 Å². The number of nitrogens with one attached hydrogen (secondary N) is 1. The fraction of sp³-hybridized carbons (Fsp3) is 0.562. The van der Waals surface area contributed by atoms with Crippen LogP contribution in [0, 0.1) is 17.2 Å². The smallest absolute Gasteiger partial charge is 0.101 e. The topological polar surface area (TPSA) is 39.1 Å². The second-order valence-corrected chi connectivity index (χ2v) is 6.83. The molecule has 1 heterocycles. The lowest BCUT2D eigenvalue weighted by molar-refractivity contribution is 0.570. The third-order valence-corrected chi connectivity index (χ3v) is 4.69. The molecule has 3 rings (SSSR count). The Labute approximate surface area is 129 Å². The van der Waals surface area contributed by atoms with Crippen LogP contribution in [0.1, 0.15) is 31.2 Å². The van der Waals surface area contributed by atoms with Crippen LogP contribution in [-0.4, -0.2) is 25.7 Å². The summed E-state index contributed by atoms with van der Waals surface area (Å²) in [5, 5.41) is 12.9. The van der Waals surface area contributed by atoms with E-state index in [9.17, 15) is 5.26 Å². The highest BCUT2D eigenvalue weighted by atomic mass is 79.9. The molecule has 0 spiro atoms. The molecule has 0 radical (unpaired) electrons. The lowest BCUT2D eigenvalue weighted by atomic mass is 10.1. The largest absolute Gasteiger partial charge is 0.369 e. The van der Waals surface area contributed by atoms with Crippen molar-refractivity contribution < 1.29 is 0 Å². The van der Waals surface area contributed by atoms with E-state index in [-0.39, 0.29) is 0 Å². The van der Waals surface area contributed by atoms with Crippen molar-refractivity contribution in [2.45, 2.75) is 31.7 Å². The predicted molar refractivity (Wildman–Crippen MR) is 84.8 cm³/mol. The first-order valence-corrected chi connectivity index (χ1v) is 8.23. The molecule has 1 aromatic rings. The molecule has 0 bridgehead atoms. The number of halogens is 1. The Hall–Kier alpha value is -1.05. The van der Waals surface area contributed by atoms with Crippen LogP contribution >= 0.6 is 15.9 Å². The van der Waals surface area contributed by atoms with Gasteiger partial charge >= 0.3 is 0 Å². The Morgan fingerprint density at radius 3 is 2.80 bits per heavy atom. The molecular weight excluding hydrogens is 314 g/mol. The van der Waals surface area contributed by atoms with Gasteiger partial charge in [0.1, 0.15) is 6.07 Å². The van der Waals surface area contributed by atoms with Crippen LogP contribution in [0.4, 0.5) is 5.69 Å². The van der Waals surface area contributed by atoms with Gasteiger partial charge in [-0.2, -0.15) is 5.26 Å². The molecule has 20 heavy (non-hydrogen) atoms. The molecule has 2 fully saturated rings. The molecular formula is C16H20BrN3. The van der Waals surface area contributed by atoms with E-state index in [1.807, 2.05) is 12.1 Å². The van der Waals surface area contributed by atoms with E-state index in [1.165, 1.54) is 25.7 Å². The third-order valence-electron chi connectivity index (χ3n) is 4.20. The number of hydrogen-bond acceptors (Lipinski definition) is 3. The van der Waals surface area contributed by atoms with Gasteiger partial charge in [0.2, 0.25) is 0 Å². The normalized spacial score (nSPS) is 21.7. The van der Waals surface area contributed by atoms with Gasteiger partial charge in [-0.15, -0.1) is 0 Å². The van der Waals surface area contributed by atoms with Gasteiger partial charge in [0, 0.05) is 23.6 Å². The Morgan fingerprint density at radius 1 is 1.30 bits per heavy atom. The Bertz CT molecular complexity index is 513. The standard InChI is InChI=1S/C16H20BrN3/c17-14-6-5-13(9-18)16(8-14)20(10-12-3-4-12)11-15-2-1-7-19-15/h5-6,8,12,15,19H,1-4,7,10-11H2. The number of nitriles is 1. The summed E-state index contributed by atoms with van der Waals surface area (Å²) in [5.74, 6) is 0.821. The number of nitrogens with zero attached hydrogens (tertiary/aromatic N) is 2. The molecule has 1 aliphatic carbocycles. The first-order chi connectivity index (χ1) is 9.76. The lowest BCUT2D eigenvalue weighted by Crippen LogP contribution is -2.39. The first kappa shape index (κ1) is 13.9. The molecule has 1 N–H and O–H groups in total. The number of hydrogen-bond donors (Lipinski definition) is 1. The minimum atomic E-state index is 0.569. The molecule has 1 saturated carbocycles. The van der Waals surface area contributed by atoms with Gasteiger partial charge in [0.05, 0.1) is 11.3 Å². The SMILES string of the molecule is N#Cc1ccc(Br)cc1N(CC1CC1)CC1CCCN1. The van der Waals surface area contributed by atoms with Crippen LogP contribution < -0.4 is 10.2 Å². The summed E-state index contributed by atoms with van der Waals surface area (Å²) in [7, 11) is 0. The third kappa shape index (κ3) is 3.34. The zero-order chi connectivity index (χ0) is 13.9. The summed E-state index contributed by atoms with van der Waals surface area (Å²) in [5.41, 5.74) is 1.87. The van der Waals surface area contributed by atoms with Crippen molar-refractivity contribution >= 4 is 21.6 Å². The van der Waals surface area contributed by atoms with Crippen molar-refractivity contribution in [1.29, 1.82) is 5.26 Å². The minimum Gasteiger partial charge on any atom is -0.369 e. The molecule has 3 nitrogen and oxygen atoms in total. The molecule has 1 aliphatic heterocycles. The fourth-order valence-electron chi connectivity index (χ4n) is 2.92. The molecule has 1 saturated heterocycles. The molecule has 106 valence electrons. The van der Waals surface area contributed by atoms with Crippen molar-refractivity contribution in [3.05, 3.63) is 28.2 Å². The summed E-state index contributed by atoms with van der Waals surface area (Å²) < 4.78 is 1.05. The molecule has 1 aromatic carbocycles. The zero-order valence-corrected chi connectivity index (χ0v) is 13.2. The van der Waals surface area contributed by atoms with E-state index in [0.29, 0.717) is 6.04 Å². The van der Waals surface area contributed by atoms with Gasteiger partial charge in [0.25, 0.3) is 0 Å². The Balaban J connectivity index is 1.83. The second kappa shape index (κ2) is 6.15. The van der Waals surface area contributed by atoms with E-state index >= 15 is 0 Å². The number of rotatable bonds is 5. The molecule has 0 aromatic heterocycles. The molecule has 1 atom stereocenters. The quantitative estimate of drug-likeness (QED) is 0.898. The Morgan fingerprint density at radius 2 is 2.15 bits per heavy atom. The highest BCUT2D eigenvalue weighted by molar-refractivity contribution is 9.10. The van der Waals surface area contributed by atoms with Crippen molar-refractivity contribution in [1.82, 2.24) is 5.32 Å². The number of benzene rings is 1. The molecule has 2 aliphatic rings. The average molecular weight is 334 g/mol. The van der Waals surface area contributed by atoms with E-state index in [4.69, 9.17) is 0 Å². The van der Waals surface area contributed by atoms with Crippen molar-refractivity contribution in [3.8, 4) is 6.07 Å². The maximum atomic E-state index is 9.36. The summed E-state index contributed by atoms with van der Waals surface area (Å²) >= 11 is 3.54. The van der Waals surface area contributed by atoms with Crippen LogP contribution in [0.15, 0.2) is 22.7 Å². The van der Waals surface area contributed by atoms with Gasteiger partial charge in [0.15, 0.2) is 0 Å². The summed E-state index contributed by atoms with van der Waals surface area (Å²) in [6, 6.07) is 8.87. The van der Waals surface area contributed by atoms with Crippen LogP contribution in [0.25, 0.3) is 0 Å². The molecule has 0 amide bonds. The average Bonchev–Trinajstić information content (AvgIpc) is 3.12. The number of anilines is 1. The zero-order valence-electron chi connectivity index (χ0n) is 11.6. The highest BCUT2D eigenvalue weighted by Crippen LogP contribution is 2.33. The van der Waals surface area contributed by atoms with E-state index in [2.05, 4.69) is 38.3 Å². The van der Waals surface area contributed by atoms with Gasteiger partial charge in [-0.1, -0.05) is 15.9 Å². The highest BCUT2D eigenvalue weighted by Gasteiger charge is 2.27. The van der Waals surface area contributed by atoms with Gasteiger partial charge in [-0.3, -0.25) is 0 Å². The predicted octanol–water partition coefficient (Wildman–Crippen LogP) is 3.29. The maximum absolute atomic E-state index is 9.36. The molecule has 4 heteroatoms. The van der Waals surface area contributed by atoms with Crippen LogP contribution in [0.3, 0.4) is 0 Å². The monoisotopic (exact) mass is 333 g/mol. The van der Waals surface area contributed by atoms with Crippen LogP contribution in [0.2, 0.25) is 0 Å². The van der Waals surface area contributed by atoms with Gasteiger partial charge in [-0.05, 0) is 56.3 Å². The van der Waals surface area contributed by atoms with Crippen molar-refractivity contribution in [3.63, 3.8) is 0 Å². The minimum absolute atomic E-state index is 0.569. The summed E-state index contributed by atoms with van der Waals surface area (Å²) in [6.07, 6.45) is 5.19.